The number of likely N-dealkylation sites (N-methyl/N-ethyl adjacent to an activating group) is 1. The van der Waals surface area contributed by atoms with E-state index in [9.17, 15) is 0 Å². The molecular formula is C11H23NO. The summed E-state index contributed by atoms with van der Waals surface area (Å²) < 4.78 is 5.22. The van der Waals surface area contributed by atoms with Crippen LogP contribution in [0, 0.1) is 11.8 Å². The smallest absolute Gasteiger partial charge is 0.0618 e. The molecule has 0 radical (unpaired) electrons. The standard InChI is InChI=1S/C11H23NO/c1-9-5-4-6-10(7-9)11(12-2)8-13-3/h9-12H,4-8H2,1-3H3. The molecule has 0 amide bonds. The van der Waals surface area contributed by atoms with E-state index in [4.69, 9.17) is 4.74 Å². The van der Waals surface area contributed by atoms with Crippen molar-refractivity contribution in [3.05, 3.63) is 0 Å². The molecule has 0 aromatic heterocycles. The Kier molecular flexibility index (Phi) is 4.74. The van der Waals surface area contributed by atoms with Gasteiger partial charge in [0, 0.05) is 13.2 Å². The number of nitrogens with one attached hydrogen (secondary N) is 1. The van der Waals surface area contributed by atoms with E-state index >= 15 is 0 Å². The molecule has 1 N–H and O–H groups in total. The lowest BCUT2D eigenvalue weighted by molar-refractivity contribution is 0.119. The minimum Gasteiger partial charge on any atom is -0.383 e. The monoisotopic (exact) mass is 185 g/mol. The van der Waals surface area contributed by atoms with Gasteiger partial charge in [0.1, 0.15) is 0 Å². The third-order valence-corrected chi connectivity index (χ3v) is 3.26. The highest BCUT2D eigenvalue weighted by Crippen LogP contribution is 2.30. The predicted molar refractivity (Wildman–Crippen MR) is 55.8 cm³/mol. The first kappa shape index (κ1) is 11.0. The van der Waals surface area contributed by atoms with E-state index in [1.807, 2.05) is 7.05 Å². The predicted octanol–water partition coefficient (Wildman–Crippen LogP) is 2.05. The van der Waals surface area contributed by atoms with Crippen LogP contribution in [-0.4, -0.2) is 26.8 Å². The zero-order valence-corrected chi connectivity index (χ0v) is 9.18. The van der Waals surface area contributed by atoms with Crippen LogP contribution >= 0.6 is 0 Å². The van der Waals surface area contributed by atoms with Crippen molar-refractivity contribution in [1.82, 2.24) is 5.32 Å². The molecule has 0 spiro atoms. The lowest BCUT2D eigenvalue weighted by Crippen LogP contribution is -2.39. The summed E-state index contributed by atoms with van der Waals surface area (Å²) in [4.78, 5) is 0. The molecule has 0 saturated heterocycles. The number of ether oxygens (including phenoxy) is 1. The highest BCUT2D eigenvalue weighted by molar-refractivity contribution is 4.80. The van der Waals surface area contributed by atoms with Crippen LogP contribution in [0.3, 0.4) is 0 Å². The van der Waals surface area contributed by atoms with E-state index in [0.29, 0.717) is 6.04 Å². The van der Waals surface area contributed by atoms with Gasteiger partial charge in [-0.3, -0.25) is 0 Å². The zero-order valence-electron chi connectivity index (χ0n) is 9.18. The molecule has 0 bridgehead atoms. The molecule has 13 heavy (non-hydrogen) atoms. The fourth-order valence-corrected chi connectivity index (χ4v) is 2.48. The number of hydrogen-bond acceptors (Lipinski definition) is 2. The summed E-state index contributed by atoms with van der Waals surface area (Å²) in [5.74, 6) is 1.74. The molecule has 0 aliphatic heterocycles. The first-order valence-electron chi connectivity index (χ1n) is 5.44. The maximum absolute atomic E-state index is 5.22. The van der Waals surface area contributed by atoms with Gasteiger partial charge in [0.25, 0.3) is 0 Å². The second-order valence-corrected chi connectivity index (χ2v) is 4.38. The molecule has 0 aromatic rings. The largest absolute Gasteiger partial charge is 0.383 e. The zero-order chi connectivity index (χ0) is 9.68. The normalized spacial score (nSPS) is 31.6. The Hall–Kier alpha value is -0.0800. The lowest BCUT2D eigenvalue weighted by atomic mass is 9.79. The molecule has 0 aromatic carbocycles. The summed E-state index contributed by atoms with van der Waals surface area (Å²) in [6.07, 6.45) is 5.56. The van der Waals surface area contributed by atoms with Crippen molar-refractivity contribution in [3.63, 3.8) is 0 Å². The third-order valence-electron chi connectivity index (χ3n) is 3.26. The van der Waals surface area contributed by atoms with Gasteiger partial charge >= 0.3 is 0 Å². The number of hydrogen-bond donors (Lipinski definition) is 1. The molecule has 1 saturated carbocycles. The second-order valence-electron chi connectivity index (χ2n) is 4.38. The molecule has 1 fully saturated rings. The first-order chi connectivity index (χ1) is 6.27. The quantitative estimate of drug-likeness (QED) is 0.723. The van der Waals surface area contributed by atoms with Crippen molar-refractivity contribution in [1.29, 1.82) is 0 Å². The van der Waals surface area contributed by atoms with E-state index in [2.05, 4.69) is 12.2 Å². The average Bonchev–Trinajstić information content (AvgIpc) is 2.14. The van der Waals surface area contributed by atoms with Crippen molar-refractivity contribution >= 4 is 0 Å². The molecule has 78 valence electrons. The van der Waals surface area contributed by atoms with Crippen LogP contribution in [0.4, 0.5) is 0 Å². The highest BCUT2D eigenvalue weighted by Gasteiger charge is 2.25. The van der Waals surface area contributed by atoms with Crippen LogP contribution in [0.5, 0.6) is 0 Å². The Morgan fingerprint density at radius 3 is 2.77 bits per heavy atom. The summed E-state index contributed by atoms with van der Waals surface area (Å²) in [5, 5.41) is 3.37. The van der Waals surface area contributed by atoms with Gasteiger partial charge in [0.05, 0.1) is 6.61 Å². The second kappa shape index (κ2) is 5.61. The van der Waals surface area contributed by atoms with Gasteiger partial charge in [0.2, 0.25) is 0 Å². The van der Waals surface area contributed by atoms with Crippen LogP contribution in [0.15, 0.2) is 0 Å². The van der Waals surface area contributed by atoms with Crippen LogP contribution in [0.25, 0.3) is 0 Å². The minimum absolute atomic E-state index is 0.563. The Morgan fingerprint density at radius 1 is 1.46 bits per heavy atom. The molecular weight excluding hydrogens is 162 g/mol. The van der Waals surface area contributed by atoms with Crippen LogP contribution in [0.1, 0.15) is 32.6 Å². The average molecular weight is 185 g/mol. The molecule has 3 atom stereocenters. The van der Waals surface area contributed by atoms with Gasteiger partial charge in [-0.05, 0) is 31.7 Å². The van der Waals surface area contributed by atoms with Crippen molar-refractivity contribution in [2.24, 2.45) is 11.8 Å². The van der Waals surface area contributed by atoms with Gasteiger partial charge in [-0.15, -0.1) is 0 Å². The molecule has 2 nitrogen and oxygen atoms in total. The molecule has 2 heteroatoms. The molecule has 1 aliphatic carbocycles. The van der Waals surface area contributed by atoms with Gasteiger partial charge in [-0.1, -0.05) is 19.8 Å². The number of rotatable bonds is 4. The van der Waals surface area contributed by atoms with Gasteiger partial charge in [-0.2, -0.15) is 0 Å². The lowest BCUT2D eigenvalue weighted by Gasteiger charge is -2.32. The van der Waals surface area contributed by atoms with E-state index < -0.39 is 0 Å². The summed E-state index contributed by atoms with van der Waals surface area (Å²) in [7, 11) is 3.83. The molecule has 3 unspecified atom stereocenters. The van der Waals surface area contributed by atoms with Crippen LogP contribution in [-0.2, 0) is 4.74 Å². The van der Waals surface area contributed by atoms with E-state index in [-0.39, 0.29) is 0 Å². The Bertz CT molecular complexity index is 138. The molecule has 1 aliphatic rings. The molecule has 1 rings (SSSR count). The Labute approximate surface area is 82.0 Å². The van der Waals surface area contributed by atoms with Crippen LogP contribution < -0.4 is 5.32 Å². The fraction of sp³-hybridized carbons (Fsp3) is 1.00. The first-order valence-corrected chi connectivity index (χ1v) is 5.44. The van der Waals surface area contributed by atoms with E-state index in [1.165, 1.54) is 25.7 Å². The maximum atomic E-state index is 5.22. The van der Waals surface area contributed by atoms with Crippen molar-refractivity contribution in [3.8, 4) is 0 Å². The van der Waals surface area contributed by atoms with Gasteiger partial charge < -0.3 is 10.1 Å². The topological polar surface area (TPSA) is 21.3 Å². The Morgan fingerprint density at radius 2 is 2.23 bits per heavy atom. The maximum Gasteiger partial charge on any atom is 0.0618 e. The van der Waals surface area contributed by atoms with E-state index in [0.717, 1.165) is 18.4 Å². The van der Waals surface area contributed by atoms with Crippen molar-refractivity contribution < 1.29 is 4.74 Å². The van der Waals surface area contributed by atoms with Crippen LogP contribution in [0.2, 0.25) is 0 Å². The summed E-state index contributed by atoms with van der Waals surface area (Å²) in [6.45, 7) is 3.22. The fourth-order valence-electron chi connectivity index (χ4n) is 2.48. The summed E-state index contributed by atoms with van der Waals surface area (Å²) in [5.41, 5.74) is 0. The highest BCUT2D eigenvalue weighted by atomic mass is 16.5. The van der Waals surface area contributed by atoms with Crippen molar-refractivity contribution in [2.75, 3.05) is 20.8 Å². The third kappa shape index (κ3) is 3.28. The molecule has 0 heterocycles. The summed E-state index contributed by atoms with van der Waals surface area (Å²) in [6, 6.07) is 0.563. The Balaban J connectivity index is 2.37. The van der Waals surface area contributed by atoms with Crippen molar-refractivity contribution in [2.45, 2.75) is 38.6 Å². The van der Waals surface area contributed by atoms with Gasteiger partial charge in [0.15, 0.2) is 0 Å². The minimum atomic E-state index is 0.563. The van der Waals surface area contributed by atoms with Gasteiger partial charge in [-0.25, -0.2) is 0 Å². The summed E-state index contributed by atoms with van der Waals surface area (Å²) >= 11 is 0. The van der Waals surface area contributed by atoms with E-state index in [1.54, 1.807) is 7.11 Å². The number of methoxy groups -OCH3 is 1. The SMILES string of the molecule is CNC(COC)C1CCCC(C)C1.